The second kappa shape index (κ2) is 7.71. The van der Waals surface area contributed by atoms with Crippen LogP contribution in [0.2, 0.25) is 0 Å². The summed E-state index contributed by atoms with van der Waals surface area (Å²) >= 11 is 0. The molecule has 7 nitrogen and oxygen atoms in total. The Labute approximate surface area is 161 Å². The van der Waals surface area contributed by atoms with Crippen LogP contribution in [0.15, 0.2) is 77.6 Å². The molecule has 0 aliphatic heterocycles. The minimum Gasteiger partial charge on any atom is -0.497 e. The minimum atomic E-state index is -0.199. The Morgan fingerprint density at radius 3 is 2.29 bits per heavy atom. The van der Waals surface area contributed by atoms with Gasteiger partial charge in [0.1, 0.15) is 5.75 Å². The number of hydrogen-bond acceptors (Lipinski definition) is 6. The fourth-order valence-corrected chi connectivity index (χ4v) is 2.60. The van der Waals surface area contributed by atoms with E-state index in [1.165, 1.54) is 0 Å². The molecule has 0 saturated heterocycles. The normalized spacial score (nSPS) is 10.5. The van der Waals surface area contributed by atoms with Gasteiger partial charge in [0, 0.05) is 34.8 Å². The van der Waals surface area contributed by atoms with Crippen molar-refractivity contribution < 1.29 is 14.1 Å². The highest BCUT2D eigenvalue weighted by Crippen LogP contribution is 2.25. The maximum absolute atomic E-state index is 12.2. The third kappa shape index (κ3) is 3.73. The molecule has 0 atom stereocenters. The molecule has 2 heterocycles. The van der Waals surface area contributed by atoms with E-state index in [0.29, 0.717) is 23.0 Å². The SMILES string of the molecule is COc1ccc(-c2noc(-c3ccc(NC(=O)c4ccncc4)cc3)n2)cc1. The van der Waals surface area contributed by atoms with Crippen LogP contribution < -0.4 is 10.1 Å². The Bertz CT molecular complexity index is 1070. The lowest BCUT2D eigenvalue weighted by atomic mass is 10.2. The number of aromatic nitrogens is 3. The number of carbonyl (C=O) groups excluding carboxylic acids is 1. The molecule has 0 unspecified atom stereocenters. The number of pyridine rings is 1. The molecule has 0 fully saturated rings. The molecule has 7 heteroatoms. The van der Waals surface area contributed by atoms with E-state index in [1.54, 1.807) is 43.8 Å². The monoisotopic (exact) mass is 372 g/mol. The van der Waals surface area contributed by atoms with Crippen molar-refractivity contribution in [2.45, 2.75) is 0 Å². The summed E-state index contributed by atoms with van der Waals surface area (Å²) in [5.41, 5.74) is 2.80. The van der Waals surface area contributed by atoms with Gasteiger partial charge < -0.3 is 14.6 Å². The number of carbonyl (C=O) groups is 1. The molecule has 1 N–H and O–H groups in total. The van der Waals surface area contributed by atoms with Gasteiger partial charge in [-0.3, -0.25) is 9.78 Å². The van der Waals surface area contributed by atoms with Crippen LogP contribution in [0, 0.1) is 0 Å². The third-order valence-corrected chi connectivity index (χ3v) is 4.11. The zero-order chi connectivity index (χ0) is 19.3. The van der Waals surface area contributed by atoms with Crippen LogP contribution in [-0.4, -0.2) is 28.1 Å². The quantitative estimate of drug-likeness (QED) is 0.568. The first kappa shape index (κ1) is 17.4. The zero-order valence-electron chi connectivity index (χ0n) is 15.0. The first-order valence-electron chi connectivity index (χ1n) is 8.53. The summed E-state index contributed by atoms with van der Waals surface area (Å²) in [6, 6.07) is 17.9. The van der Waals surface area contributed by atoms with Crippen LogP contribution in [0.4, 0.5) is 5.69 Å². The Kier molecular flexibility index (Phi) is 4.79. The van der Waals surface area contributed by atoms with Crippen LogP contribution in [0.25, 0.3) is 22.8 Å². The number of rotatable bonds is 5. The van der Waals surface area contributed by atoms with E-state index in [9.17, 15) is 4.79 Å². The van der Waals surface area contributed by atoms with E-state index in [4.69, 9.17) is 9.26 Å². The van der Waals surface area contributed by atoms with Crippen molar-refractivity contribution in [2.75, 3.05) is 12.4 Å². The predicted octanol–water partition coefficient (Wildman–Crippen LogP) is 4.06. The molecule has 0 radical (unpaired) electrons. The average molecular weight is 372 g/mol. The minimum absolute atomic E-state index is 0.199. The highest BCUT2D eigenvalue weighted by molar-refractivity contribution is 6.04. The fourth-order valence-electron chi connectivity index (χ4n) is 2.60. The molecule has 0 aliphatic rings. The van der Waals surface area contributed by atoms with Crippen LogP contribution in [0.1, 0.15) is 10.4 Å². The van der Waals surface area contributed by atoms with Gasteiger partial charge >= 0.3 is 0 Å². The second-order valence-electron chi connectivity index (χ2n) is 5.92. The van der Waals surface area contributed by atoms with Crippen molar-refractivity contribution in [1.29, 1.82) is 0 Å². The summed E-state index contributed by atoms with van der Waals surface area (Å²) in [6.45, 7) is 0. The Morgan fingerprint density at radius 1 is 0.929 bits per heavy atom. The smallest absolute Gasteiger partial charge is 0.258 e. The summed E-state index contributed by atoms with van der Waals surface area (Å²) < 4.78 is 10.5. The van der Waals surface area contributed by atoms with E-state index >= 15 is 0 Å². The van der Waals surface area contributed by atoms with Crippen molar-refractivity contribution in [1.82, 2.24) is 15.1 Å². The summed E-state index contributed by atoms with van der Waals surface area (Å²) in [7, 11) is 1.62. The molecule has 4 rings (SSSR count). The first-order chi connectivity index (χ1) is 13.7. The number of anilines is 1. The topological polar surface area (TPSA) is 90.1 Å². The lowest BCUT2D eigenvalue weighted by molar-refractivity contribution is 0.102. The number of nitrogens with zero attached hydrogens (tertiary/aromatic N) is 3. The van der Waals surface area contributed by atoms with Crippen molar-refractivity contribution in [3.63, 3.8) is 0 Å². The van der Waals surface area contributed by atoms with Crippen LogP contribution >= 0.6 is 0 Å². The summed E-state index contributed by atoms with van der Waals surface area (Å²) in [5.74, 6) is 1.46. The Balaban J connectivity index is 1.48. The van der Waals surface area contributed by atoms with Crippen molar-refractivity contribution >= 4 is 11.6 Å². The predicted molar refractivity (Wildman–Crippen MR) is 104 cm³/mol. The molecule has 0 spiro atoms. The van der Waals surface area contributed by atoms with E-state index < -0.39 is 0 Å². The van der Waals surface area contributed by atoms with Crippen LogP contribution in [0.3, 0.4) is 0 Å². The van der Waals surface area contributed by atoms with Gasteiger partial charge in [-0.1, -0.05) is 5.16 Å². The van der Waals surface area contributed by atoms with E-state index in [1.807, 2.05) is 36.4 Å². The second-order valence-corrected chi connectivity index (χ2v) is 5.92. The van der Waals surface area contributed by atoms with Crippen LogP contribution in [-0.2, 0) is 0 Å². The first-order valence-corrected chi connectivity index (χ1v) is 8.53. The van der Waals surface area contributed by atoms with Gasteiger partial charge in [0.25, 0.3) is 11.8 Å². The van der Waals surface area contributed by atoms with Gasteiger partial charge in [0.15, 0.2) is 0 Å². The maximum atomic E-state index is 12.2. The largest absolute Gasteiger partial charge is 0.497 e. The Hall–Kier alpha value is -4.00. The summed E-state index contributed by atoms with van der Waals surface area (Å²) in [4.78, 5) is 20.5. The molecule has 0 aliphatic carbocycles. The van der Waals surface area contributed by atoms with Crippen molar-refractivity contribution in [3.8, 4) is 28.6 Å². The third-order valence-electron chi connectivity index (χ3n) is 4.11. The molecule has 0 saturated carbocycles. The van der Waals surface area contributed by atoms with Crippen LogP contribution in [0.5, 0.6) is 5.75 Å². The molecule has 2 aromatic carbocycles. The highest BCUT2D eigenvalue weighted by Gasteiger charge is 2.11. The summed E-state index contributed by atoms with van der Waals surface area (Å²) in [5, 5.41) is 6.86. The van der Waals surface area contributed by atoms with Gasteiger partial charge in [0.2, 0.25) is 5.82 Å². The van der Waals surface area contributed by atoms with Gasteiger partial charge in [-0.25, -0.2) is 0 Å². The number of nitrogens with one attached hydrogen (secondary N) is 1. The van der Waals surface area contributed by atoms with Gasteiger partial charge in [-0.15, -0.1) is 0 Å². The van der Waals surface area contributed by atoms with Crippen molar-refractivity contribution in [2.24, 2.45) is 0 Å². The van der Waals surface area contributed by atoms with Gasteiger partial charge in [0.05, 0.1) is 7.11 Å². The summed E-state index contributed by atoms with van der Waals surface area (Å²) in [6.07, 6.45) is 3.15. The molecule has 2 aromatic heterocycles. The molecule has 4 aromatic rings. The number of amides is 1. The fraction of sp³-hybridized carbons (Fsp3) is 0.0476. The number of hydrogen-bond donors (Lipinski definition) is 1. The zero-order valence-corrected chi connectivity index (χ0v) is 15.0. The van der Waals surface area contributed by atoms with Gasteiger partial charge in [-0.05, 0) is 60.7 Å². The highest BCUT2D eigenvalue weighted by atomic mass is 16.5. The standard InChI is InChI=1S/C21H16N4O3/c1-27-18-8-4-14(5-9-18)19-24-21(28-25-19)16-2-6-17(7-3-16)23-20(26)15-10-12-22-13-11-15/h2-13H,1H3,(H,23,26). The molecule has 28 heavy (non-hydrogen) atoms. The molecule has 138 valence electrons. The number of methoxy groups -OCH3 is 1. The molecular weight excluding hydrogens is 356 g/mol. The Morgan fingerprint density at radius 2 is 1.61 bits per heavy atom. The molecule has 1 amide bonds. The number of ether oxygens (including phenoxy) is 1. The van der Waals surface area contributed by atoms with E-state index in [0.717, 1.165) is 16.9 Å². The molecular formula is C21H16N4O3. The van der Waals surface area contributed by atoms with Gasteiger partial charge in [-0.2, -0.15) is 4.98 Å². The van der Waals surface area contributed by atoms with Crippen molar-refractivity contribution in [3.05, 3.63) is 78.6 Å². The average Bonchev–Trinajstić information content (AvgIpc) is 3.25. The van der Waals surface area contributed by atoms with E-state index in [2.05, 4.69) is 20.4 Å². The maximum Gasteiger partial charge on any atom is 0.258 e. The van der Waals surface area contributed by atoms with E-state index in [-0.39, 0.29) is 5.91 Å². The lowest BCUT2D eigenvalue weighted by Crippen LogP contribution is -2.11. The number of benzene rings is 2. The molecule has 0 bridgehead atoms. The lowest BCUT2D eigenvalue weighted by Gasteiger charge is -2.05.